The highest BCUT2D eigenvalue weighted by Gasteiger charge is 2.29. The van der Waals surface area contributed by atoms with Crippen molar-refractivity contribution in [1.82, 2.24) is 5.32 Å². The summed E-state index contributed by atoms with van der Waals surface area (Å²) in [5, 5.41) is 3.45. The lowest BCUT2D eigenvalue weighted by atomic mass is 9.76. The van der Waals surface area contributed by atoms with E-state index in [1.54, 1.807) is 12.1 Å². The Hall–Kier alpha value is -0.930. The van der Waals surface area contributed by atoms with Gasteiger partial charge in [0, 0.05) is 19.2 Å². The van der Waals surface area contributed by atoms with Crippen molar-refractivity contribution in [3.8, 4) is 0 Å². The van der Waals surface area contributed by atoms with Crippen LogP contribution in [-0.4, -0.2) is 25.8 Å². The summed E-state index contributed by atoms with van der Waals surface area (Å²) in [5.41, 5.74) is 1.13. The standard InChI is InChI=1S/C14H20FNO/c1-2-17-7-6-16-14-9-12(10-14)11-4-3-5-13(15)8-11/h3-5,8,12,14,16H,2,6-7,9-10H2,1H3. The van der Waals surface area contributed by atoms with Crippen molar-refractivity contribution < 1.29 is 9.13 Å². The van der Waals surface area contributed by atoms with Crippen LogP contribution in [0.1, 0.15) is 31.2 Å². The molecule has 0 aliphatic heterocycles. The number of hydrogen-bond acceptors (Lipinski definition) is 2. The maximum atomic E-state index is 13.0. The van der Waals surface area contributed by atoms with Gasteiger partial charge >= 0.3 is 0 Å². The summed E-state index contributed by atoms with van der Waals surface area (Å²) in [4.78, 5) is 0. The van der Waals surface area contributed by atoms with Crippen molar-refractivity contribution in [2.45, 2.75) is 31.7 Å². The van der Waals surface area contributed by atoms with Crippen LogP contribution >= 0.6 is 0 Å². The SMILES string of the molecule is CCOCCNC1CC(c2cccc(F)c2)C1. The van der Waals surface area contributed by atoms with Crippen LogP contribution in [0.15, 0.2) is 24.3 Å². The number of halogens is 1. The van der Waals surface area contributed by atoms with Gasteiger partial charge in [0.05, 0.1) is 6.61 Å². The zero-order valence-electron chi connectivity index (χ0n) is 10.3. The van der Waals surface area contributed by atoms with Crippen molar-refractivity contribution in [2.75, 3.05) is 19.8 Å². The summed E-state index contributed by atoms with van der Waals surface area (Å²) in [6, 6.07) is 7.54. The Bertz CT molecular complexity index is 350. The van der Waals surface area contributed by atoms with Crippen LogP contribution < -0.4 is 5.32 Å². The first-order chi connectivity index (χ1) is 8.29. The van der Waals surface area contributed by atoms with Crippen molar-refractivity contribution in [3.05, 3.63) is 35.6 Å². The highest BCUT2D eigenvalue weighted by molar-refractivity contribution is 5.23. The second-order valence-corrected chi connectivity index (χ2v) is 4.57. The molecule has 1 saturated carbocycles. The molecule has 0 saturated heterocycles. The molecule has 0 heterocycles. The lowest BCUT2D eigenvalue weighted by molar-refractivity contribution is 0.141. The normalized spacial score (nSPS) is 23.4. The molecule has 0 bridgehead atoms. The van der Waals surface area contributed by atoms with Crippen molar-refractivity contribution in [2.24, 2.45) is 0 Å². The highest BCUT2D eigenvalue weighted by Crippen LogP contribution is 2.36. The predicted octanol–water partition coefficient (Wildman–Crippen LogP) is 2.70. The van der Waals surface area contributed by atoms with Gasteiger partial charge in [0.15, 0.2) is 0 Å². The van der Waals surface area contributed by atoms with Crippen LogP contribution in [0.25, 0.3) is 0 Å². The number of rotatable bonds is 6. The monoisotopic (exact) mass is 237 g/mol. The van der Waals surface area contributed by atoms with E-state index >= 15 is 0 Å². The molecule has 3 heteroatoms. The molecular weight excluding hydrogens is 217 g/mol. The van der Waals surface area contributed by atoms with Gasteiger partial charge in [-0.15, -0.1) is 0 Å². The average Bonchev–Trinajstić information content (AvgIpc) is 2.26. The molecule has 94 valence electrons. The Labute approximate surface area is 102 Å². The highest BCUT2D eigenvalue weighted by atomic mass is 19.1. The molecule has 2 nitrogen and oxygen atoms in total. The Morgan fingerprint density at radius 1 is 1.41 bits per heavy atom. The third kappa shape index (κ3) is 3.51. The molecule has 1 aromatic rings. The lowest BCUT2D eigenvalue weighted by Gasteiger charge is -2.36. The van der Waals surface area contributed by atoms with Gasteiger partial charge < -0.3 is 10.1 Å². The van der Waals surface area contributed by atoms with Gasteiger partial charge in [-0.3, -0.25) is 0 Å². The molecule has 1 aliphatic rings. The molecule has 0 radical (unpaired) electrons. The Balaban J connectivity index is 1.68. The van der Waals surface area contributed by atoms with Gasteiger partial charge in [-0.25, -0.2) is 4.39 Å². The maximum absolute atomic E-state index is 13.0. The molecule has 0 amide bonds. The van der Waals surface area contributed by atoms with Crippen molar-refractivity contribution in [3.63, 3.8) is 0 Å². The minimum absolute atomic E-state index is 0.129. The molecule has 0 atom stereocenters. The third-order valence-corrected chi connectivity index (χ3v) is 3.34. The zero-order chi connectivity index (χ0) is 12.1. The predicted molar refractivity (Wildman–Crippen MR) is 66.7 cm³/mol. The van der Waals surface area contributed by atoms with Gasteiger partial charge in [0.25, 0.3) is 0 Å². The minimum Gasteiger partial charge on any atom is -0.380 e. The molecule has 0 aromatic heterocycles. The maximum Gasteiger partial charge on any atom is 0.123 e. The van der Waals surface area contributed by atoms with Crippen LogP contribution in [0.4, 0.5) is 4.39 Å². The average molecular weight is 237 g/mol. The summed E-state index contributed by atoms with van der Waals surface area (Å²) in [7, 11) is 0. The summed E-state index contributed by atoms with van der Waals surface area (Å²) in [6.45, 7) is 4.47. The van der Waals surface area contributed by atoms with E-state index in [9.17, 15) is 4.39 Å². The molecule has 1 fully saturated rings. The van der Waals surface area contributed by atoms with Crippen LogP contribution in [0.2, 0.25) is 0 Å². The molecule has 2 rings (SSSR count). The number of nitrogens with one attached hydrogen (secondary N) is 1. The van der Waals surface area contributed by atoms with Gasteiger partial charge in [-0.1, -0.05) is 12.1 Å². The van der Waals surface area contributed by atoms with E-state index in [4.69, 9.17) is 4.74 Å². The van der Waals surface area contributed by atoms with E-state index in [0.29, 0.717) is 12.0 Å². The van der Waals surface area contributed by atoms with Gasteiger partial charge in [-0.05, 0) is 43.4 Å². The molecule has 1 aromatic carbocycles. The summed E-state index contributed by atoms with van der Waals surface area (Å²) < 4.78 is 18.3. The Morgan fingerprint density at radius 3 is 2.94 bits per heavy atom. The largest absolute Gasteiger partial charge is 0.380 e. The Kier molecular flexibility index (Phi) is 4.51. The van der Waals surface area contributed by atoms with E-state index in [0.717, 1.165) is 38.2 Å². The third-order valence-electron chi connectivity index (χ3n) is 3.34. The summed E-state index contributed by atoms with van der Waals surface area (Å²) >= 11 is 0. The zero-order valence-corrected chi connectivity index (χ0v) is 10.3. The fourth-order valence-corrected chi connectivity index (χ4v) is 2.30. The second-order valence-electron chi connectivity index (χ2n) is 4.57. The van der Waals surface area contributed by atoms with E-state index in [2.05, 4.69) is 5.32 Å². The van der Waals surface area contributed by atoms with Gasteiger partial charge in [0.2, 0.25) is 0 Å². The van der Waals surface area contributed by atoms with E-state index in [-0.39, 0.29) is 5.82 Å². The first-order valence-electron chi connectivity index (χ1n) is 6.36. The summed E-state index contributed by atoms with van der Waals surface area (Å²) in [5.74, 6) is 0.394. The summed E-state index contributed by atoms with van der Waals surface area (Å²) in [6.07, 6.45) is 2.21. The number of ether oxygens (including phenoxy) is 1. The molecule has 0 spiro atoms. The number of hydrogen-bond donors (Lipinski definition) is 1. The molecule has 0 unspecified atom stereocenters. The fraction of sp³-hybridized carbons (Fsp3) is 0.571. The fourth-order valence-electron chi connectivity index (χ4n) is 2.30. The molecular formula is C14H20FNO. The molecule has 1 aliphatic carbocycles. The Morgan fingerprint density at radius 2 is 2.24 bits per heavy atom. The first kappa shape index (κ1) is 12.5. The quantitative estimate of drug-likeness (QED) is 0.768. The molecule has 1 N–H and O–H groups in total. The topological polar surface area (TPSA) is 21.3 Å². The van der Waals surface area contributed by atoms with Crippen LogP contribution in [0, 0.1) is 5.82 Å². The van der Waals surface area contributed by atoms with Crippen molar-refractivity contribution >= 4 is 0 Å². The van der Waals surface area contributed by atoms with Crippen molar-refractivity contribution in [1.29, 1.82) is 0 Å². The first-order valence-corrected chi connectivity index (χ1v) is 6.36. The van der Waals surface area contributed by atoms with E-state index in [1.165, 1.54) is 6.07 Å². The van der Waals surface area contributed by atoms with Crippen LogP contribution in [0.5, 0.6) is 0 Å². The van der Waals surface area contributed by atoms with Crippen LogP contribution in [-0.2, 0) is 4.74 Å². The smallest absolute Gasteiger partial charge is 0.123 e. The van der Waals surface area contributed by atoms with E-state index in [1.807, 2.05) is 13.0 Å². The second kappa shape index (κ2) is 6.12. The molecule has 17 heavy (non-hydrogen) atoms. The van der Waals surface area contributed by atoms with Crippen LogP contribution in [0.3, 0.4) is 0 Å². The minimum atomic E-state index is -0.129. The van der Waals surface area contributed by atoms with Gasteiger partial charge in [-0.2, -0.15) is 0 Å². The van der Waals surface area contributed by atoms with Gasteiger partial charge in [0.1, 0.15) is 5.82 Å². The lowest BCUT2D eigenvalue weighted by Crippen LogP contribution is -2.41. The number of benzene rings is 1. The van der Waals surface area contributed by atoms with E-state index < -0.39 is 0 Å².